The van der Waals surface area contributed by atoms with Crippen LogP contribution in [0.1, 0.15) is 5.76 Å². The van der Waals surface area contributed by atoms with Crippen LogP contribution in [-0.4, -0.2) is 11.2 Å². The van der Waals surface area contributed by atoms with E-state index < -0.39 is 0 Å². The van der Waals surface area contributed by atoms with E-state index in [4.69, 9.17) is 9.26 Å². The van der Waals surface area contributed by atoms with E-state index in [-0.39, 0.29) is 11.6 Å². The summed E-state index contributed by atoms with van der Waals surface area (Å²) in [5.41, 5.74) is 0.263. The van der Waals surface area contributed by atoms with E-state index in [9.17, 15) is 4.79 Å². The van der Waals surface area contributed by atoms with Crippen LogP contribution in [0.4, 0.5) is 5.69 Å². The lowest BCUT2D eigenvalue weighted by Gasteiger charge is -2.00. The number of carbonyl (C=O) groups excluding carboxylic acids is 1. The van der Waals surface area contributed by atoms with Gasteiger partial charge in [-0.3, -0.25) is 0 Å². The van der Waals surface area contributed by atoms with Crippen LogP contribution in [0.2, 0.25) is 0 Å². The molecule has 0 aliphatic rings. The third kappa shape index (κ3) is 1.99. The van der Waals surface area contributed by atoms with Crippen LogP contribution in [0.5, 0.6) is 11.6 Å². The lowest BCUT2D eigenvalue weighted by Crippen LogP contribution is -1.83. The molecule has 5 nitrogen and oxygen atoms in total. The fraction of sp³-hybridized carbons (Fsp3) is 0.0909. The molecular formula is C11H8N2O3. The molecule has 2 aromatic rings. The van der Waals surface area contributed by atoms with Crippen molar-refractivity contribution in [2.75, 3.05) is 0 Å². The van der Waals surface area contributed by atoms with Crippen molar-refractivity contribution in [2.24, 2.45) is 4.99 Å². The first-order valence-corrected chi connectivity index (χ1v) is 4.58. The first kappa shape index (κ1) is 10.1. The Labute approximate surface area is 91.4 Å². The van der Waals surface area contributed by atoms with Gasteiger partial charge in [-0.25, -0.2) is 4.79 Å². The molecule has 1 aromatic carbocycles. The fourth-order valence-corrected chi connectivity index (χ4v) is 1.19. The van der Waals surface area contributed by atoms with Gasteiger partial charge in [-0.15, -0.1) is 0 Å². The van der Waals surface area contributed by atoms with Gasteiger partial charge in [0, 0.05) is 0 Å². The van der Waals surface area contributed by atoms with Gasteiger partial charge in [0.1, 0.15) is 5.75 Å². The molecule has 0 radical (unpaired) electrons. The Morgan fingerprint density at radius 2 is 2.12 bits per heavy atom. The second kappa shape index (κ2) is 4.42. The Kier molecular flexibility index (Phi) is 2.80. The first-order chi connectivity index (χ1) is 7.81. The van der Waals surface area contributed by atoms with Crippen LogP contribution >= 0.6 is 0 Å². The van der Waals surface area contributed by atoms with Crippen LogP contribution < -0.4 is 4.74 Å². The minimum Gasteiger partial charge on any atom is -0.435 e. The summed E-state index contributed by atoms with van der Waals surface area (Å²) >= 11 is 0. The summed E-state index contributed by atoms with van der Waals surface area (Å²) in [6.45, 7) is 1.64. The van der Waals surface area contributed by atoms with E-state index in [2.05, 4.69) is 10.1 Å². The van der Waals surface area contributed by atoms with E-state index in [0.717, 1.165) is 0 Å². The molecule has 0 atom stereocenters. The van der Waals surface area contributed by atoms with E-state index in [0.29, 0.717) is 11.5 Å². The molecule has 1 aromatic heterocycles. The van der Waals surface area contributed by atoms with Crippen molar-refractivity contribution >= 4 is 11.8 Å². The molecule has 80 valence electrons. The van der Waals surface area contributed by atoms with Crippen molar-refractivity contribution in [2.45, 2.75) is 6.92 Å². The quantitative estimate of drug-likeness (QED) is 0.584. The fourth-order valence-electron chi connectivity index (χ4n) is 1.19. The topological polar surface area (TPSA) is 64.7 Å². The van der Waals surface area contributed by atoms with E-state index >= 15 is 0 Å². The van der Waals surface area contributed by atoms with Crippen molar-refractivity contribution < 1.29 is 14.1 Å². The second-order valence-electron chi connectivity index (χ2n) is 3.01. The number of hydrogen-bond acceptors (Lipinski definition) is 5. The van der Waals surface area contributed by atoms with Crippen LogP contribution in [-0.2, 0) is 4.79 Å². The molecule has 16 heavy (non-hydrogen) atoms. The third-order valence-corrected chi connectivity index (χ3v) is 1.92. The Morgan fingerprint density at radius 1 is 1.38 bits per heavy atom. The summed E-state index contributed by atoms with van der Waals surface area (Å²) in [7, 11) is 0. The van der Waals surface area contributed by atoms with Gasteiger partial charge in [0.15, 0.2) is 11.4 Å². The van der Waals surface area contributed by atoms with Gasteiger partial charge in [-0.05, 0) is 24.2 Å². The van der Waals surface area contributed by atoms with E-state index in [1.54, 1.807) is 19.1 Å². The Bertz CT molecular complexity index is 527. The van der Waals surface area contributed by atoms with Crippen molar-refractivity contribution in [3.8, 4) is 11.6 Å². The van der Waals surface area contributed by atoms with Gasteiger partial charge >= 0.3 is 0 Å². The van der Waals surface area contributed by atoms with Gasteiger partial charge in [-0.2, -0.15) is 4.99 Å². The molecule has 0 spiro atoms. The zero-order valence-corrected chi connectivity index (χ0v) is 8.51. The average Bonchev–Trinajstić information content (AvgIpc) is 2.64. The summed E-state index contributed by atoms with van der Waals surface area (Å²) in [6.07, 6.45) is 1.43. The molecule has 0 unspecified atom stereocenters. The second-order valence-corrected chi connectivity index (χ2v) is 3.01. The van der Waals surface area contributed by atoms with Crippen LogP contribution in [0.25, 0.3) is 0 Å². The predicted octanol–water partition coefficient (Wildman–Crippen LogP) is 2.74. The number of benzene rings is 1. The molecule has 0 bridgehead atoms. The molecular weight excluding hydrogens is 208 g/mol. The zero-order chi connectivity index (χ0) is 11.4. The Hall–Kier alpha value is -2.39. The average molecular weight is 216 g/mol. The number of hydrogen-bond donors (Lipinski definition) is 0. The van der Waals surface area contributed by atoms with Crippen molar-refractivity contribution in [3.05, 3.63) is 36.1 Å². The number of para-hydroxylation sites is 1. The molecule has 0 N–H and O–H groups in total. The summed E-state index contributed by atoms with van der Waals surface area (Å²) in [5.74, 6) is 1.17. The highest BCUT2D eigenvalue weighted by atomic mass is 16.5. The number of ether oxygens (including phenoxy) is 1. The van der Waals surface area contributed by atoms with Crippen LogP contribution in [0.3, 0.4) is 0 Å². The largest absolute Gasteiger partial charge is 0.435 e. The predicted molar refractivity (Wildman–Crippen MR) is 55.5 cm³/mol. The molecule has 2 rings (SSSR count). The standard InChI is InChI=1S/C11H8N2O3/c1-8-10(12-7-14)11(13-16-8)15-9-5-3-2-4-6-9/h2-6H,1H3. The van der Waals surface area contributed by atoms with Gasteiger partial charge in [0.2, 0.25) is 6.08 Å². The Balaban J connectivity index is 2.32. The van der Waals surface area contributed by atoms with Gasteiger partial charge in [0.25, 0.3) is 5.88 Å². The molecule has 0 saturated heterocycles. The minimum atomic E-state index is 0.159. The Morgan fingerprint density at radius 3 is 2.81 bits per heavy atom. The van der Waals surface area contributed by atoms with Crippen molar-refractivity contribution in [1.29, 1.82) is 0 Å². The summed E-state index contributed by atoms with van der Waals surface area (Å²) in [6, 6.07) is 9.04. The third-order valence-electron chi connectivity index (χ3n) is 1.92. The summed E-state index contributed by atoms with van der Waals surface area (Å²) in [5, 5.41) is 3.66. The molecule has 0 aliphatic heterocycles. The minimum absolute atomic E-state index is 0.159. The van der Waals surface area contributed by atoms with Gasteiger partial charge in [0.05, 0.1) is 0 Å². The lowest BCUT2D eigenvalue weighted by atomic mass is 10.3. The van der Waals surface area contributed by atoms with Crippen LogP contribution in [0.15, 0.2) is 39.8 Å². The molecule has 1 heterocycles. The molecule has 0 amide bonds. The van der Waals surface area contributed by atoms with Gasteiger partial charge < -0.3 is 9.26 Å². The highest BCUT2D eigenvalue weighted by molar-refractivity contribution is 5.57. The SMILES string of the molecule is Cc1onc(Oc2ccccc2)c1N=C=O. The number of aryl methyl sites for hydroxylation is 1. The maximum atomic E-state index is 10.2. The van der Waals surface area contributed by atoms with Crippen LogP contribution in [0, 0.1) is 6.92 Å². The lowest BCUT2D eigenvalue weighted by molar-refractivity contribution is 0.355. The number of isocyanates is 1. The van der Waals surface area contributed by atoms with Crippen molar-refractivity contribution in [3.63, 3.8) is 0 Å². The monoisotopic (exact) mass is 216 g/mol. The molecule has 0 fully saturated rings. The summed E-state index contributed by atoms with van der Waals surface area (Å²) < 4.78 is 10.3. The zero-order valence-electron chi connectivity index (χ0n) is 8.51. The normalized spacial score (nSPS) is 9.56. The smallest absolute Gasteiger partial charge is 0.287 e. The van der Waals surface area contributed by atoms with E-state index in [1.807, 2.05) is 18.2 Å². The molecule has 0 saturated carbocycles. The number of aromatic nitrogens is 1. The maximum Gasteiger partial charge on any atom is 0.287 e. The number of aliphatic imine (C=N–C) groups is 1. The molecule has 0 aliphatic carbocycles. The number of rotatable bonds is 3. The summed E-state index contributed by atoms with van der Waals surface area (Å²) in [4.78, 5) is 13.7. The first-order valence-electron chi connectivity index (χ1n) is 4.58. The van der Waals surface area contributed by atoms with Gasteiger partial charge in [-0.1, -0.05) is 18.2 Å². The van der Waals surface area contributed by atoms with Crippen molar-refractivity contribution in [1.82, 2.24) is 5.16 Å². The molecule has 5 heteroatoms. The highest BCUT2D eigenvalue weighted by Crippen LogP contribution is 2.33. The van der Waals surface area contributed by atoms with E-state index in [1.165, 1.54) is 6.08 Å². The highest BCUT2D eigenvalue weighted by Gasteiger charge is 2.14. The number of nitrogens with zero attached hydrogens (tertiary/aromatic N) is 2. The maximum absolute atomic E-state index is 10.2.